The summed E-state index contributed by atoms with van der Waals surface area (Å²) < 4.78 is 11.0. The van der Waals surface area contributed by atoms with Crippen molar-refractivity contribution >= 4 is 11.6 Å². The molecule has 0 spiro atoms. The lowest BCUT2D eigenvalue weighted by Gasteiger charge is -2.11. The minimum absolute atomic E-state index is 0.171. The number of aryl methyl sites for hydroxylation is 2. The highest BCUT2D eigenvalue weighted by atomic mass is 16.5. The molecule has 33 heavy (non-hydrogen) atoms. The van der Waals surface area contributed by atoms with Gasteiger partial charge in [-0.2, -0.15) is 10.2 Å². The van der Waals surface area contributed by atoms with Gasteiger partial charge in [0.2, 0.25) is 23.4 Å². The Morgan fingerprint density at radius 3 is 2.76 bits per heavy atom. The lowest BCUT2D eigenvalue weighted by atomic mass is 10.1. The van der Waals surface area contributed by atoms with Gasteiger partial charge in [-0.05, 0) is 54.4 Å². The maximum Gasteiger partial charge on any atom is 0.240 e. The summed E-state index contributed by atoms with van der Waals surface area (Å²) in [7, 11) is 0. The molecule has 0 aliphatic rings. The first-order chi connectivity index (χ1) is 16.1. The molecule has 4 rings (SSSR count). The molecule has 1 N–H and O–H groups in total. The van der Waals surface area contributed by atoms with E-state index >= 15 is 0 Å². The Morgan fingerprint density at radius 1 is 1.12 bits per heavy atom. The maximum atomic E-state index is 12.4. The third kappa shape index (κ3) is 5.77. The molecule has 1 amide bonds. The first-order valence-corrected chi connectivity index (χ1v) is 10.2. The van der Waals surface area contributed by atoms with Crippen molar-refractivity contribution in [2.45, 2.75) is 26.4 Å². The van der Waals surface area contributed by atoms with Crippen molar-refractivity contribution in [1.29, 1.82) is 5.26 Å². The molecular weight excluding hydrogens is 420 g/mol. The van der Waals surface area contributed by atoms with Crippen molar-refractivity contribution in [1.82, 2.24) is 20.1 Å². The van der Waals surface area contributed by atoms with Crippen molar-refractivity contribution in [3.63, 3.8) is 0 Å². The summed E-state index contributed by atoms with van der Waals surface area (Å²) in [5.41, 5.74) is 3.07. The second-order valence-electron chi connectivity index (χ2n) is 7.21. The standard InChI is InChI=1S/C24H20N6O3/c1-16-12-19(32-15-18-5-2-4-17(13-18)14-25)6-7-20(16)28-21(31)8-9-22-29-24(30-33-22)23-26-10-3-11-27-23/h2-7,10-13H,8-9,15H2,1H3,(H,28,31). The van der Waals surface area contributed by atoms with E-state index in [1.165, 1.54) is 0 Å². The molecule has 0 unspecified atom stereocenters. The van der Waals surface area contributed by atoms with Crippen LogP contribution >= 0.6 is 0 Å². The molecule has 4 aromatic rings. The molecule has 0 atom stereocenters. The van der Waals surface area contributed by atoms with Crippen LogP contribution in [0, 0.1) is 18.3 Å². The fourth-order valence-corrected chi connectivity index (χ4v) is 3.06. The van der Waals surface area contributed by atoms with Gasteiger partial charge in [-0.15, -0.1) is 0 Å². The number of nitriles is 1. The number of nitrogens with one attached hydrogen (secondary N) is 1. The second-order valence-corrected chi connectivity index (χ2v) is 7.21. The van der Waals surface area contributed by atoms with Crippen LogP contribution in [0.25, 0.3) is 11.6 Å². The Kier molecular flexibility index (Phi) is 6.66. The molecule has 0 radical (unpaired) electrons. The molecule has 0 saturated carbocycles. The molecule has 2 aromatic carbocycles. The number of aromatic nitrogens is 4. The van der Waals surface area contributed by atoms with Gasteiger partial charge >= 0.3 is 0 Å². The molecule has 9 heteroatoms. The highest BCUT2D eigenvalue weighted by molar-refractivity contribution is 5.91. The fraction of sp³-hybridized carbons (Fsp3) is 0.167. The van der Waals surface area contributed by atoms with Gasteiger partial charge in [0.15, 0.2) is 0 Å². The zero-order chi connectivity index (χ0) is 23.0. The highest BCUT2D eigenvalue weighted by Gasteiger charge is 2.13. The Balaban J connectivity index is 1.29. The summed E-state index contributed by atoms with van der Waals surface area (Å²) in [5.74, 6) is 1.50. The van der Waals surface area contributed by atoms with Gasteiger partial charge in [-0.1, -0.05) is 17.3 Å². The van der Waals surface area contributed by atoms with Gasteiger partial charge < -0.3 is 14.6 Å². The van der Waals surface area contributed by atoms with Crippen molar-refractivity contribution in [3.05, 3.63) is 83.5 Å². The van der Waals surface area contributed by atoms with Crippen LogP contribution in [0.1, 0.15) is 29.0 Å². The number of hydrogen-bond donors (Lipinski definition) is 1. The Hall–Kier alpha value is -4.58. The highest BCUT2D eigenvalue weighted by Crippen LogP contribution is 2.23. The van der Waals surface area contributed by atoms with E-state index in [2.05, 4.69) is 31.5 Å². The molecular formula is C24H20N6O3. The summed E-state index contributed by atoms with van der Waals surface area (Å²) in [4.78, 5) is 24.8. The predicted octanol–water partition coefficient (Wildman–Crippen LogP) is 3.86. The lowest BCUT2D eigenvalue weighted by molar-refractivity contribution is -0.116. The first-order valence-electron chi connectivity index (χ1n) is 10.2. The van der Waals surface area contributed by atoms with Crippen LogP contribution in [0.5, 0.6) is 5.75 Å². The number of ether oxygens (including phenoxy) is 1. The van der Waals surface area contributed by atoms with E-state index in [1.807, 2.05) is 25.1 Å². The molecule has 2 heterocycles. The summed E-state index contributed by atoms with van der Waals surface area (Å²) in [6, 6.07) is 16.5. The van der Waals surface area contributed by atoms with Crippen LogP contribution in [0.4, 0.5) is 5.69 Å². The van der Waals surface area contributed by atoms with Crippen LogP contribution in [0.3, 0.4) is 0 Å². The van der Waals surface area contributed by atoms with E-state index in [0.717, 1.165) is 11.1 Å². The first kappa shape index (κ1) is 21.6. The number of amides is 1. The second kappa shape index (κ2) is 10.2. The van der Waals surface area contributed by atoms with Crippen LogP contribution in [-0.2, 0) is 17.8 Å². The minimum Gasteiger partial charge on any atom is -0.489 e. The Morgan fingerprint density at radius 2 is 1.97 bits per heavy atom. The minimum atomic E-state index is -0.171. The number of rotatable bonds is 8. The predicted molar refractivity (Wildman–Crippen MR) is 119 cm³/mol. The maximum absolute atomic E-state index is 12.4. The molecule has 2 aromatic heterocycles. The van der Waals surface area contributed by atoms with Gasteiger partial charge in [-0.25, -0.2) is 9.97 Å². The van der Waals surface area contributed by atoms with E-state index in [9.17, 15) is 4.79 Å². The van der Waals surface area contributed by atoms with Crippen molar-refractivity contribution in [3.8, 4) is 23.5 Å². The average Bonchev–Trinajstić information content (AvgIpc) is 3.33. The molecule has 0 aliphatic heterocycles. The molecule has 0 fully saturated rings. The molecule has 0 saturated heterocycles. The van der Waals surface area contributed by atoms with E-state index in [-0.39, 0.29) is 18.2 Å². The quantitative estimate of drug-likeness (QED) is 0.438. The van der Waals surface area contributed by atoms with Gasteiger partial charge in [0, 0.05) is 30.9 Å². The van der Waals surface area contributed by atoms with Gasteiger partial charge in [0.25, 0.3) is 0 Å². The third-order valence-electron chi connectivity index (χ3n) is 4.73. The van der Waals surface area contributed by atoms with Crippen LogP contribution < -0.4 is 10.1 Å². The van der Waals surface area contributed by atoms with E-state index in [0.29, 0.717) is 41.7 Å². The summed E-state index contributed by atoms with van der Waals surface area (Å²) in [6.07, 6.45) is 3.67. The Bertz CT molecular complexity index is 1300. The van der Waals surface area contributed by atoms with Crippen molar-refractivity contribution < 1.29 is 14.1 Å². The SMILES string of the molecule is Cc1cc(OCc2cccc(C#N)c2)ccc1NC(=O)CCc1nc(-c2ncccn2)no1. The van der Waals surface area contributed by atoms with E-state index < -0.39 is 0 Å². The number of anilines is 1. The summed E-state index contributed by atoms with van der Waals surface area (Å²) in [5, 5.41) is 15.7. The number of nitrogens with zero attached hydrogens (tertiary/aromatic N) is 5. The average molecular weight is 440 g/mol. The van der Waals surface area contributed by atoms with Gasteiger partial charge in [-0.3, -0.25) is 4.79 Å². The zero-order valence-corrected chi connectivity index (χ0v) is 17.9. The zero-order valence-electron chi connectivity index (χ0n) is 17.9. The smallest absolute Gasteiger partial charge is 0.240 e. The van der Waals surface area contributed by atoms with Crippen molar-refractivity contribution in [2.24, 2.45) is 0 Å². The van der Waals surface area contributed by atoms with Gasteiger partial charge in [0.05, 0.1) is 11.6 Å². The van der Waals surface area contributed by atoms with Gasteiger partial charge in [0.1, 0.15) is 12.4 Å². The summed E-state index contributed by atoms with van der Waals surface area (Å²) in [6.45, 7) is 2.24. The largest absolute Gasteiger partial charge is 0.489 e. The third-order valence-corrected chi connectivity index (χ3v) is 4.73. The van der Waals surface area contributed by atoms with E-state index in [1.54, 1.807) is 42.7 Å². The number of hydrogen-bond acceptors (Lipinski definition) is 8. The van der Waals surface area contributed by atoms with Crippen LogP contribution in [0.15, 0.2) is 65.4 Å². The van der Waals surface area contributed by atoms with Crippen molar-refractivity contribution in [2.75, 3.05) is 5.32 Å². The number of benzene rings is 2. The van der Waals surface area contributed by atoms with E-state index in [4.69, 9.17) is 14.5 Å². The molecule has 9 nitrogen and oxygen atoms in total. The normalized spacial score (nSPS) is 10.4. The number of carbonyl (C=O) groups is 1. The molecule has 164 valence electrons. The van der Waals surface area contributed by atoms with Crippen LogP contribution in [-0.4, -0.2) is 26.0 Å². The Labute approximate surface area is 190 Å². The topological polar surface area (TPSA) is 127 Å². The monoisotopic (exact) mass is 440 g/mol. The summed E-state index contributed by atoms with van der Waals surface area (Å²) >= 11 is 0. The van der Waals surface area contributed by atoms with Crippen LogP contribution in [0.2, 0.25) is 0 Å². The number of carbonyl (C=O) groups excluding carboxylic acids is 1. The lowest BCUT2D eigenvalue weighted by Crippen LogP contribution is -2.13. The molecule has 0 aliphatic carbocycles. The fourth-order valence-electron chi connectivity index (χ4n) is 3.06. The molecule has 0 bridgehead atoms.